The minimum atomic E-state index is -4.51. The standard InChI is InChI=1S/C24H22F3N3O3/c1-2-33-21-12-4-3-11-20(21)30-22(31)15-28-18-9-5-7-16(13-18)23(32)29-19-10-6-8-17(14-19)24(25,26)27/h3-14,28H,2,15H2,1H3,(H,29,32)(H,30,31). The van der Waals surface area contributed by atoms with E-state index in [2.05, 4.69) is 16.0 Å². The van der Waals surface area contributed by atoms with Crippen LogP contribution in [0.3, 0.4) is 0 Å². The Kier molecular flexibility index (Phi) is 7.55. The highest BCUT2D eigenvalue weighted by molar-refractivity contribution is 6.05. The van der Waals surface area contributed by atoms with E-state index in [0.717, 1.165) is 12.1 Å². The molecule has 0 radical (unpaired) electrons. The van der Waals surface area contributed by atoms with Crippen LogP contribution < -0.4 is 20.7 Å². The van der Waals surface area contributed by atoms with Crippen molar-refractivity contribution in [1.29, 1.82) is 0 Å². The lowest BCUT2D eigenvalue weighted by Gasteiger charge is -2.13. The lowest BCUT2D eigenvalue weighted by atomic mass is 10.1. The molecule has 0 saturated carbocycles. The van der Waals surface area contributed by atoms with Crippen molar-refractivity contribution in [3.63, 3.8) is 0 Å². The average Bonchev–Trinajstić information content (AvgIpc) is 2.79. The van der Waals surface area contributed by atoms with Gasteiger partial charge in [-0.05, 0) is 55.5 Å². The summed E-state index contributed by atoms with van der Waals surface area (Å²) in [6.45, 7) is 2.23. The van der Waals surface area contributed by atoms with Crippen molar-refractivity contribution >= 4 is 28.9 Å². The van der Waals surface area contributed by atoms with Crippen LogP contribution in [0, 0.1) is 0 Å². The summed E-state index contributed by atoms with van der Waals surface area (Å²) in [6, 6.07) is 17.7. The molecule has 33 heavy (non-hydrogen) atoms. The van der Waals surface area contributed by atoms with Gasteiger partial charge in [-0.3, -0.25) is 9.59 Å². The third kappa shape index (κ3) is 6.73. The zero-order valence-corrected chi connectivity index (χ0v) is 17.7. The molecule has 3 aromatic carbocycles. The zero-order chi connectivity index (χ0) is 23.8. The van der Waals surface area contributed by atoms with Gasteiger partial charge >= 0.3 is 6.18 Å². The lowest BCUT2D eigenvalue weighted by Crippen LogP contribution is -2.22. The molecule has 0 aliphatic carbocycles. The molecule has 0 aliphatic rings. The quantitative estimate of drug-likeness (QED) is 0.423. The number of rotatable bonds is 8. The summed E-state index contributed by atoms with van der Waals surface area (Å²) < 4.78 is 44.1. The first-order valence-electron chi connectivity index (χ1n) is 10.1. The van der Waals surface area contributed by atoms with Crippen LogP contribution in [-0.4, -0.2) is 25.0 Å². The van der Waals surface area contributed by atoms with Gasteiger partial charge in [0, 0.05) is 16.9 Å². The van der Waals surface area contributed by atoms with Crippen LogP contribution >= 0.6 is 0 Å². The maximum absolute atomic E-state index is 12.9. The van der Waals surface area contributed by atoms with Crippen molar-refractivity contribution in [3.05, 3.63) is 83.9 Å². The fourth-order valence-corrected chi connectivity index (χ4v) is 2.97. The molecule has 0 heterocycles. The molecule has 0 spiro atoms. The summed E-state index contributed by atoms with van der Waals surface area (Å²) in [6.07, 6.45) is -4.51. The van der Waals surface area contributed by atoms with Crippen LogP contribution in [0.5, 0.6) is 5.75 Å². The Hall–Kier alpha value is -4.01. The number of hydrogen-bond acceptors (Lipinski definition) is 4. The van der Waals surface area contributed by atoms with E-state index in [1.54, 1.807) is 36.4 Å². The summed E-state index contributed by atoms with van der Waals surface area (Å²) in [5.41, 5.74) is 0.438. The van der Waals surface area contributed by atoms with Crippen molar-refractivity contribution in [3.8, 4) is 5.75 Å². The van der Waals surface area contributed by atoms with Gasteiger partial charge in [-0.15, -0.1) is 0 Å². The average molecular weight is 457 g/mol. The van der Waals surface area contributed by atoms with Gasteiger partial charge in [-0.2, -0.15) is 13.2 Å². The molecule has 2 amide bonds. The highest BCUT2D eigenvalue weighted by Gasteiger charge is 2.30. The minimum absolute atomic E-state index is 0.0283. The molecule has 3 N–H and O–H groups in total. The Bertz CT molecular complexity index is 1130. The Labute approximate surface area is 188 Å². The van der Waals surface area contributed by atoms with Crippen LogP contribution in [0.15, 0.2) is 72.8 Å². The Morgan fingerprint density at radius 3 is 2.36 bits per heavy atom. The van der Waals surface area contributed by atoms with Gasteiger partial charge in [-0.1, -0.05) is 24.3 Å². The number of carbonyl (C=O) groups is 2. The second-order valence-electron chi connectivity index (χ2n) is 6.94. The first kappa shape index (κ1) is 23.6. The van der Waals surface area contributed by atoms with E-state index in [1.165, 1.54) is 24.3 Å². The molecule has 172 valence electrons. The lowest BCUT2D eigenvalue weighted by molar-refractivity contribution is -0.137. The highest BCUT2D eigenvalue weighted by atomic mass is 19.4. The number of carbonyl (C=O) groups excluding carboxylic acids is 2. The largest absolute Gasteiger partial charge is 0.492 e. The second-order valence-corrected chi connectivity index (χ2v) is 6.94. The summed E-state index contributed by atoms with van der Waals surface area (Å²) >= 11 is 0. The summed E-state index contributed by atoms with van der Waals surface area (Å²) in [4.78, 5) is 24.8. The number of amides is 2. The number of para-hydroxylation sites is 2. The molecule has 0 fully saturated rings. The Morgan fingerprint density at radius 2 is 1.61 bits per heavy atom. The second kappa shape index (κ2) is 10.5. The third-order valence-electron chi connectivity index (χ3n) is 4.49. The first-order valence-corrected chi connectivity index (χ1v) is 10.1. The van der Waals surface area contributed by atoms with E-state index in [1.807, 2.05) is 6.92 Å². The summed E-state index contributed by atoms with van der Waals surface area (Å²) in [7, 11) is 0. The van der Waals surface area contributed by atoms with Gasteiger partial charge in [0.25, 0.3) is 5.91 Å². The molecule has 0 saturated heterocycles. The van der Waals surface area contributed by atoms with Crippen LogP contribution in [0.4, 0.5) is 30.2 Å². The fraction of sp³-hybridized carbons (Fsp3) is 0.167. The van der Waals surface area contributed by atoms with Gasteiger partial charge in [0.05, 0.1) is 24.4 Å². The van der Waals surface area contributed by atoms with Gasteiger partial charge in [0.15, 0.2) is 0 Å². The van der Waals surface area contributed by atoms with E-state index in [0.29, 0.717) is 23.7 Å². The number of hydrogen-bond donors (Lipinski definition) is 3. The molecule has 0 aromatic heterocycles. The first-order chi connectivity index (χ1) is 15.8. The van der Waals surface area contributed by atoms with E-state index in [4.69, 9.17) is 4.74 Å². The van der Waals surface area contributed by atoms with Gasteiger partial charge in [-0.25, -0.2) is 0 Å². The Balaban J connectivity index is 1.61. The number of nitrogens with one attached hydrogen (secondary N) is 3. The maximum atomic E-state index is 12.9. The number of alkyl halides is 3. The van der Waals surface area contributed by atoms with Crippen molar-refractivity contribution < 1.29 is 27.5 Å². The molecular formula is C24H22F3N3O3. The summed E-state index contributed by atoms with van der Waals surface area (Å²) in [5, 5.41) is 8.13. The predicted octanol–water partition coefficient (Wildman–Crippen LogP) is 5.41. The van der Waals surface area contributed by atoms with Crippen LogP contribution in [-0.2, 0) is 11.0 Å². The van der Waals surface area contributed by atoms with Gasteiger partial charge in [0.1, 0.15) is 5.75 Å². The smallest absolute Gasteiger partial charge is 0.416 e. The van der Waals surface area contributed by atoms with Gasteiger partial charge in [0.2, 0.25) is 5.91 Å². The van der Waals surface area contributed by atoms with Crippen molar-refractivity contribution in [2.45, 2.75) is 13.1 Å². The normalized spacial score (nSPS) is 10.9. The number of ether oxygens (including phenoxy) is 1. The molecule has 0 unspecified atom stereocenters. The number of benzene rings is 3. The van der Waals surface area contributed by atoms with E-state index >= 15 is 0 Å². The van der Waals surface area contributed by atoms with Crippen LogP contribution in [0.1, 0.15) is 22.8 Å². The fourth-order valence-electron chi connectivity index (χ4n) is 2.97. The van der Waals surface area contributed by atoms with Crippen molar-refractivity contribution in [2.75, 3.05) is 29.1 Å². The highest BCUT2D eigenvalue weighted by Crippen LogP contribution is 2.30. The third-order valence-corrected chi connectivity index (χ3v) is 4.49. The van der Waals surface area contributed by atoms with Crippen LogP contribution in [0.2, 0.25) is 0 Å². The SMILES string of the molecule is CCOc1ccccc1NC(=O)CNc1cccc(C(=O)Nc2cccc(C(F)(F)F)c2)c1. The van der Waals surface area contributed by atoms with Crippen LogP contribution in [0.25, 0.3) is 0 Å². The zero-order valence-electron chi connectivity index (χ0n) is 17.7. The monoisotopic (exact) mass is 457 g/mol. The number of anilines is 3. The van der Waals surface area contributed by atoms with E-state index in [-0.39, 0.29) is 23.7 Å². The number of halogens is 3. The molecule has 6 nitrogen and oxygen atoms in total. The Morgan fingerprint density at radius 1 is 0.879 bits per heavy atom. The van der Waals surface area contributed by atoms with E-state index in [9.17, 15) is 22.8 Å². The topological polar surface area (TPSA) is 79.5 Å². The maximum Gasteiger partial charge on any atom is 0.416 e. The molecule has 9 heteroatoms. The molecule has 0 atom stereocenters. The minimum Gasteiger partial charge on any atom is -0.492 e. The van der Waals surface area contributed by atoms with E-state index < -0.39 is 17.6 Å². The van der Waals surface area contributed by atoms with Gasteiger partial charge < -0.3 is 20.7 Å². The molecule has 0 bridgehead atoms. The van der Waals surface area contributed by atoms with Crippen molar-refractivity contribution in [1.82, 2.24) is 0 Å². The van der Waals surface area contributed by atoms with Crippen molar-refractivity contribution in [2.24, 2.45) is 0 Å². The predicted molar refractivity (Wildman–Crippen MR) is 121 cm³/mol. The molecule has 0 aliphatic heterocycles. The molecule has 3 aromatic rings. The molecular weight excluding hydrogens is 435 g/mol. The summed E-state index contributed by atoms with van der Waals surface area (Å²) in [5.74, 6) is -0.337. The molecule has 3 rings (SSSR count).